The lowest BCUT2D eigenvalue weighted by Crippen LogP contribution is -1.92. The first-order valence-corrected chi connectivity index (χ1v) is 3.20. The first kappa shape index (κ1) is 7.54. The molecule has 56 valence electrons. The van der Waals surface area contributed by atoms with Crippen molar-refractivity contribution in [3.63, 3.8) is 0 Å². The predicted molar refractivity (Wildman–Crippen MR) is 42.6 cm³/mol. The zero-order valence-corrected chi connectivity index (χ0v) is 5.95. The van der Waals surface area contributed by atoms with Gasteiger partial charge in [-0.2, -0.15) is 0 Å². The molecule has 0 bridgehead atoms. The molecule has 0 aliphatic heterocycles. The number of phenols is 1. The van der Waals surface area contributed by atoms with Crippen molar-refractivity contribution in [2.45, 2.75) is 0 Å². The standard InChI is InChI=1S/C9H8O2/c1-2-8(10)7-5-3-4-6-9(7)11/h2-6,11H,1H2. The van der Waals surface area contributed by atoms with Crippen LogP contribution in [-0.4, -0.2) is 10.9 Å². The molecule has 1 aromatic carbocycles. The fourth-order valence-electron chi connectivity index (χ4n) is 0.792. The summed E-state index contributed by atoms with van der Waals surface area (Å²) in [5.41, 5.74) is 0.294. The van der Waals surface area contributed by atoms with E-state index in [0.717, 1.165) is 0 Å². The molecule has 0 saturated carbocycles. The molecule has 2 nitrogen and oxygen atoms in total. The minimum absolute atomic E-state index is 0.00241. The summed E-state index contributed by atoms with van der Waals surface area (Å²) in [7, 11) is 0. The maximum Gasteiger partial charge on any atom is 0.188 e. The highest BCUT2D eigenvalue weighted by molar-refractivity contribution is 6.06. The topological polar surface area (TPSA) is 37.3 Å². The van der Waals surface area contributed by atoms with Gasteiger partial charge in [0.1, 0.15) is 5.75 Å². The molecule has 0 fully saturated rings. The van der Waals surface area contributed by atoms with E-state index in [1.807, 2.05) is 0 Å². The van der Waals surface area contributed by atoms with Crippen LogP contribution < -0.4 is 0 Å². The van der Waals surface area contributed by atoms with Gasteiger partial charge in [0.25, 0.3) is 0 Å². The number of rotatable bonds is 2. The van der Waals surface area contributed by atoms with Gasteiger partial charge in [-0.1, -0.05) is 18.7 Å². The van der Waals surface area contributed by atoms with Gasteiger partial charge in [-0.15, -0.1) is 0 Å². The number of aromatic hydroxyl groups is 1. The van der Waals surface area contributed by atoms with Gasteiger partial charge in [-0.05, 0) is 18.2 Å². The van der Waals surface area contributed by atoms with E-state index in [9.17, 15) is 4.79 Å². The SMILES string of the molecule is C=CC(=O)c1ccccc1O. The van der Waals surface area contributed by atoms with Gasteiger partial charge in [0.2, 0.25) is 0 Å². The maximum absolute atomic E-state index is 11.0. The molecule has 0 aliphatic carbocycles. The summed E-state index contributed by atoms with van der Waals surface area (Å²) in [6.45, 7) is 3.32. The summed E-state index contributed by atoms with van der Waals surface area (Å²) < 4.78 is 0. The second kappa shape index (κ2) is 3.01. The van der Waals surface area contributed by atoms with Crippen molar-refractivity contribution in [1.29, 1.82) is 0 Å². The van der Waals surface area contributed by atoms with E-state index >= 15 is 0 Å². The Morgan fingerprint density at radius 3 is 2.64 bits per heavy atom. The van der Waals surface area contributed by atoms with Crippen LogP contribution in [0.5, 0.6) is 5.75 Å². The normalized spacial score (nSPS) is 9.09. The zero-order valence-electron chi connectivity index (χ0n) is 5.95. The Morgan fingerprint density at radius 2 is 2.09 bits per heavy atom. The van der Waals surface area contributed by atoms with E-state index in [0.29, 0.717) is 5.56 Å². The van der Waals surface area contributed by atoms with Crippen molar-refractivity contribution in [3.8, 4) is 5.75 Å². The highest BCUT2D eigenvalue weighted by Crippen LogP contribution is 2.15. The molecule has 0 heterocycles. The smallest absolute Gasteiger partial charge is 0.188 e. The number of carbonyl (C=O) groups excluding carboxylic acids is 1. The molecule has 0 aliphatic rings. The maximum atomic E-state index is 11.0. The molecule has 0 atom stereocenters. The monoisotopic (exact) mass is 148 g/mol. The van der Waals surface area contributed by atoms with Gasteiger partial charge in [0.15, 0.2) is 5.78 Å². The number of hydrogen-bond acceptors (Lipinski definition) is 2. The molecule has 1 N–H and O–H groups in total. The third-order valence-corrected chi connectivity index (χ3v) is 1.35. The Morgan fingerprint density at radius 1 is 1.45 bits per heavy atom. The van der Waals surface area contributed by atoms with Crippen LogP contribution in [0.25, 0.3) is 0 Å². The lowest BCUT2D eigenvalue weighted by Gasteiger charge is -1.97. The summed E-state index contributed by atoms with van der Waals surface area (Å²) in [6.07, 6.45) is 1.18. The van der Waals surface area contributed by atoms with Crippen LogP contribution in [0.15, 0.2) is 36.9 Å². The number of benzene rings is 1. The molecule has 0 radical (unpaired) electrons. The van der Waals surface area contributed by atoms with Crippen molar-refractivity contribution in [2.75, 3.05) is 0 Å². The third-order valence-electron chi connectivity index (χ3n) is 1.35. The minimum atomic E-state index is -0.261. The number of phenolic OH excluding ortho intramolecular Hbond substituents is 1. The first-order valence-electron chi connectivity index (χ1n) is 3.20. The van der Waals surface area contributed by atoms with E-state index in [1.165, 1.54) is 12.1 Å². The molecule has 0 amide bonds. The summed E-state index contributed by atoms with van der Waals surface area (Å²) in [5, 5.41) is 9.14. The van der Waals surface area contributed by atoms with E-state index in [2.05, 4.69) is 6.58 Å². The number of carbonyl (C=O) groups is 1. The Hall–Kier alpha value is -1.57. The third kappa shape index (κ3) is 1.46. The second-order valence-corrected chi connectivity index (χ2v) is 2.09. The van der Waals surface area contributed by atoms with Gasteiger partial charge in [0, 0.05) is 0 Å². The fourth-order valence-corrected chi connectivity index (χ4v) is 0.792. The molecule has 2 heteroatoms. The molecular weight excluding hydrogens is 140 g/mol. The lowest BCUT2D eigenvalue weighted by atomic mass is 10.1. The average molecular weight is 148 g/mol. The Bertz CT molecular complexity index is 289. The molecule has 1 rings (SSSR count). The van der Waals surface area contributed by atoms with Crippen molar-refractivity contribution in [2.24, 2.45) is 0 Å². The summed E-state index contributed by atoms with van der Waals surface area (Å²) in [6, 6.07) is 6.38. The van der Waals surface area contributed by atoms with E-state index in [1.54, 1.807) is 18.2 Å². The van der Waals surface area contributed by atoms with Crippen molar-refractivity contribution >= 4 is 5.78 Å². The Kier molecular flexibility index (Phi) is 2.06. The van der Waals surface area contributed by atoms with Crippen LogP contribution in [0.4, 0.5) is 0 Å². The zero-order chi connectivity index (χ0) is 8.27. The van der Waals surface area contributed by atoms with Crippen LogP contribution >= 0.6 is 0 Å². The van der Waals surface area contributed by atoms with Gasteiger partial charge < -0.3 is 5.11 Å². The number of hydrogen-bond donors (Lipinski definition) is 1. The molecular formula is C9H8O2. The Labute approximate surface area is 64.8 Å². The van der Waals surface area contributed by atoms with Crippen LogP contribution in [0.2, 0.25) is 0 Å². The highest BCUT2D eigenvalue weighted by atomic mass is 16.3. The van der Waals surface area contributed by atoms with Crippen molar-refractivity contribution in [1.82, 2.24) is 0 Å². The van der Waals surface area contributed by atoms with E-state index in [4.69, 9.17) is 5.11 Å². The molecule has 1 aromatic rings. The Balaban J connectivity index is 3.13. The van der Waals surface area contributed by atoms with Gasteiger partial charge in [-0.3, -0.25) is 4.79 Å². The lowest BCUT2D eigenvalue weighted by molar-refractivity contribution is 0.104. The summed E-state index contributed by atoms with van der Waals surface area (Å²) >= 11 is 0. The largest absolute Gasteiger partial charge is 0.507 e. The van der Waals surface area contributed by atoms with Gasteiger partial charge >= 0.3 is 0 Å². The van der Waals surface area contributed by atoms with Crippen LogP contribution in [0, 0.1) is 0 Å². The summed E-state index contributed by atoms with van der Waals surface area (Å²) in [5.74, 6) is -0.263. The highest BCUT2D eigenvalue weighted by Gasteiger charge is 2.04. The summed E-state index contributed by atoms with van der Waals surface area (Å²) in [4.78, 5) is 11.0. The van der Waals surface area contributed by atoms with Gasteiger partial charge in [-0.25, -0.2) is 0 Å². The average Bonchev–Trinajstić information content (AvgIpc) is 2.04. The van der Waals surface area contributed by atoms with Crippen LogP contribution in [0.3, 0.4) is 0 Å². The number of allylic oxidation sites excluding steroid dienone is 1. The number of ketones is 1. The predicted octanol–water partition coefficient (Wildman–Crippen LogP) is 1.76. The minimum Gasteiger partial charge on any atom is -0.507 e. The van der Waals surface area contributed by atoms with E-state index < -0.39 is 0 Å². The second-order valence-electron chi connectivity index (χ2n) is 2.09. The molecule has 0 saturated heterocycles. The molecule has 11 heavy (non-hydrogen) atoms. The first-order chi connectivity index (χ1) is 5.25. The molecule has 0 spiro atoms. The van der Waals surface area contributed by atoms with Crippen molar-refractivity contribution in [3.05, 3.63) is 42.5 Å². The van der Waals surface area contributed by atoms with Crippen LogP contribution in [-0.2, 0) is 0 Å². The van der Waals surface area contributed by atoms with E-state index in [-0.39, 0.29) is 11.5 Å². The fraction of sp³-hybridized carbons (Fsp3) is 0. The van der Waals surface area contributed by atoms with Gasteiger partial charge in [0.05, 0.1) is 5.56 Å². The quantitative estimate of drug-likeness (QED) is 0.512. The van der Waals surface area contributed by atoms with Crippen molar-refractivity contribution < 1.29 is 9.90 Å². The molecule has 0 aromatic heterocycles. The number of para-hydroxylation sites is 1. The van der Waals surface area contributed by atoms with Crippen LogP contribution in [0.1, 0.15) is 10.4 Å². The molecule has 0 unspecified atom stereocenters.